The number of rotatable bonds is 16. The first kappa shape index (κ1) is 40.1. The lowest BCUT2D eigenvalue weighted by Gasteiger charge is -2.02. The third kappa shape index (κ3) is 18.1. The SMILES string of the molecule is CCCCCCCCCCCC(=O)[O-].Cc1c(C(N)=O)ccc[n+]1CCO.Cc1c(C(N)=O)ccc[n+]1CCO.[Cl-]. The van der Waals surface area contributed by atoms with Crippen LogP contribution in [0.25, 0.3) is 0 Å². The second-order valence-electron chi connectivity index (χ2n) is 9.53. The van der Waals surface area contributed by atoms with Gasteiger partial charge in [-0.05, 0) is 25.0 Å². The minimum absolute atomic E-state index is 0. The molecule has 0 aliphatic carbocycles. The van der Waals surface area contributed by atoms with Crippen LogP contribution in [-0.4, -0.2) is 41.2 Å². The van der Waals surface area contributed by atoms with Gasteiger partial charge in [0, 0.05) is 31.9 Å². The van der Waals surface area contributed by atoms with Gasteiger partial charge in [-0.25, -0.2) is 0 Å². The van der Waals surface area contributed by atoms with Crippen molar-refractivity contribution in [2.75, 3.05) is 13.2 Å². The summed E-state index contributed by atoms with van der Waals surface area (Å²) >= 11 is 0. The number of halogens is 1. The molecular weight excluding hydrogens is 548 g/mol. The fourth-order valence-electron chi connectivity index (χ4n) is 4.06. The lowest BCUT2D eigenvalue weighted by Crippen LogP contribution is -3.00. The molecule has 0 saturated heterocycles. The number of primary amides is 2. The van der Waals surface area contributed by atoms with Crippen molar-refractivity contribution in [3.05, 3.63) is 59.2 Å². The van der Waals surface area contributed by atoms with Gasteiger partial charge in [0.05, 0.1) is 0 Å². The number of aliphatic hydroxyl groups excluding tert-OH is 2. The molecule has 2 rings (SSSR count). The minimum Gasteiger partial charge on any atom is -1.00 e. The zero-order valence-electron chi connectivity index (χ0n) is 24.8. The van der Waals surface area contributed by atoms with Crippen molar-refractivity contribution in [3.63, 3.8) is 0 Å². The molecule has 0 atom stereocenters. The number of carboxylic acid groups (broad SMARTS) is 1. The number of pyridine rings is 2. The highest BCUT2D eigenvalue weighted by Gasteiger charge is 2.14. The molecule has 0 aromatic carbocycles. The Morgan fingerprint density at radius 1 is 0.732 bits per heavy atom. The number of unbranched alkanes of at least 4 members (excludes halogenated alkanes) is 8. The van der Waals surface area contributed by atoms with Crippen molar-refractivity contribution in [2.45, 2.75) is 98.1 Å². The molecule has 0 fully saturated rings. The number of nitrogens with zero attached hydrogens (tertiary/aromatic N) is 2. The fourth-order valence-corrected chi connectivity index (χ4v) is 4.06. The van der Waals surface area contributed by atoms with Crippen LogP contribution in [0.1, 0.15) is 103 Å². The van der Waals surface area contributed by atoms with Crippen LogP contribution < -0.4 is 38.1 Å². The third-order valence-electron chi connectivity index (χ3n) is 6.40. The summed E-state index contributed by atoms with van der Waals surface area (Å²) in [5, 5.41) is 27.6. The van der Waals surface area contributed by atoms with Gasteiger partial charge in [0.2, 0.25) is 0 Å². The molecule has 10 nitrogen and oxygen atoms in total. The van der Waals surface area contributed by atoms with Crippen LogP contribution in [-0.2, 0) is 17.9 Å². The first-order valence-corrected chi connectivity index (χ1v) is 14.1. The van der Waals surface area contributed by atoms with Crippen LogP contribution in [0.3, 0.4) is 0 Å². The molecule has 0 aliphatic rings. The molecule has 232 valence electrons. The van der Waals surface area contributed by atoms with E-state index < -0.39 is 17.8 Å². The average Bonchev–Trinajstić information content (AvgIpc) is 2.90. The Morgan fingerprint density at radius 3 is 1.41 bits per heavy atom. The van der Waals surface area contributed by atoms with E-state index in [1.807, 2.05) is 0 Å². The molecular formula is C30H49ClN4O6. The van der Waals surface area contributed by atoms with E-state index in [-0.39, 0.29) is 32.0 Å². The number of aliphatic hydroxyl groups is 2. The van der Waals surface area contributed by atoms with Crippen molar-refractivity contribution >= 4 is 17.8 Å². The van der Waals surface area contributed by atoms with Gasteiger partial charge in [-0.15, -0.1) is 0 Å². The van der Waals surface area contributed by atoms with Gasteiger partial charge >= 0.3 is 0 Å². The number of nitrogens with two attached hydrogens (primary N) is 2. The molecule has 0 saturated carbocycles. The monoisotopic (exact) mass is 596 g/mol. The van der Waals surface area contributed by atoms with Gasteiger partial charge in [0.1, 0.15) is 24.3 Å². The maximum atomic E-state index is 10.9. The normalized spacial score (nSPS) is 9.88. The van der Waals surface area contributed by atoms with E-state index in [2.05, 4.69) is 6.92 Å². The molecule has 11 heteroatoms. The van der Waals surface area contributed by atoms with Gasteiger partial charge in [-0.1, -0.05) is 58.3 Å². The molecule has 41 heavy (non-hydrogen) atoms. The highest BCUT2D eigenvalue weighted by molar-refractivity contribution is 5.93. The number of hydrogen-bond acceptors (Lipinski definition) is 6. The van der Waals surface area contributed by atoms with Crippen molar-refractivity contribution in [2.24, 2.45) is 11.5 Å². The highest BCUT2D eigenvalue weighted by atomic mass is 35.5. The molecule has 0 spiro atoms. The molecule has 2 heterocycles. The van der Waals surface area contributed by atoms with E-state index in [0.717, 1.165) is 24.2 Å². The second kappa shape index (κ2) is 24.7. The minimum atomic E-state index is -0.909. The lowest BCUT2D eigenvalue weighted by molar-refractivity contribution is -0.704. The highest BCUT2D eigenvalue weighted by Crippen LogP contribution is 2.10. The number of aromatic nitrogens is 2. The lowest BCUT2D eigenvalue weighted by atomic mass is 10.1. The summed E-state index contributed by atoms with van der Waals surface area (Å²) in [5.41, 5.74) is 12.9. The molecule has 2 aromatic heterocycles. The number of carboxylic acids is 1. The molecule has 0 unspecified atom stereocenters. The van der Waals surface area contributed by atoms with Crippen LogP contribution in [0.4, 0.5) is 0 Å². The second-order valence-corrected chi connectivity index (χ2v) is 9.53. The summed E-state index contributed by atoms with van der Waals surface area (Å²) < 4.78 is 3.58. The Balaban J connectivity index is 0. The van der Waals surface area contributed by atoms with Crippen LogP contribution in [0.2, 0.25) is 0 Å². The maximum absolute atomic E-state index is 10.9. The van der Waals surface area contributed by atoms with Crippen LogP contribution in [0, 0.1) is 13.8 Å². The molecule has 2 aromatic rings. The molecule has 0 radical (unpaired) electrons. The van der Waals surface area contributed by atoms with Crippen LogP contribution in [0.5, 0.6) is 0 Å². The predicted octanol–water partition coefficient (Wildman–Crippen LogP) is -1.59. The van der Waals surface area contributed by atoms with Gasteiger partial charge in [-0.2, -0.15) is 9.13 Å². The Bertz CT molecular complexity index is 971. The number of hydrogen-bond donors (Lipinski definition) is 4. The number of carbonyl (C=O) groups is 3. The Labute approximate surface area is 250 Å². The smallest absolute Gasteiger partial charge is 0.255 e. The van der Waals surface area contributed by atoms with E-state index in [4.69, 9.17) is 21.7 Å². The molecule has 0 aliphatic heterocycles. The van der Waals surface area contributed by atoms with Gasteiger partial charge in [0.25, 0.3) is 11.8 Å². The first-order valence-electron chi connectivity index (χ1n) is 14.1. The summed E-state index contributed by atoms with van der Waals surface area (Å²) in [6.07, 6.45) is 14.8. The summed E-state index contributed by atoms with van der Waals surface area (Å²) in [4.78, 5) is 31.9. The summed E-state index contributed by atoms with van der Waals surface area (Å²) in [6, 6.07) is 6.82. The van der Waals surface area contributed by atoms with E-state index in [1.54, 1.807) is 59.6 Å². The van der Waals surface area contributed by atoms with Gasteiger partial charge < -0.3 is 44.0 Å². The third-order valence-corrected chi connectivity index (χ3v) is 6.40. The Morgan fingerprint density at radius 2 is 1.10 bits per heavy atom. The van der Waals surface area contributed by atoms with E-state index in [1.165, 1.54) is 44.9 Å². The molecule has 2 amide bonds. The van der Waals surface area contributed by atoms with E-state index >= 15 is 0 Å². The number of aliphatic carboxylic acids is 1. The maximum Gasteiger partial charge on any atom is 0.255 e. The van der Waals surface area contributed by atoms with E-state index in [9.17, 15) is 19.5 Å². The van der Waals surface area contributed by atoms with Crippen LogP contribution >= 0.6 is 0 Å². The Hall–Kier alpha value is -3.08. The summed E-state index contributed by atoms with van der Waals surface area (Å²) in [7, 11) is 0. The fraction of sp³-hybridized carbons (Fsp3) is 0.567. The van der Waals surface area contributed by atoms with Crippen molar-refractivity contribution < 1.29 is 51.2 Å². The van der Waals surface area contributed by atoms with Gasteiger partial charge in [0.15, 0.2) is 36.9 Å². The van der Waals surface area contributed by atoms with Crippen molar-refractivity contribution in [1.82, 2.24) is 0 Å². The standard InChI is InChI=1S/C12H24O2.2C9H12N2O2.ClH/c1-2-3-4-5-6-7-8-9-10-11-12(13)14;2*1-7-8(9(10)13)3-2-4-11(7)5-6-12;/h2-11H2,1H3,(H,13,14);2*2-4,12H,5-6H2,1H3,(H-,10,13);1H. The summed E-state index contributed by atoms with van der Waals surface area (Å²) in [5.74, 6) is -1.79. The zero-order valence-corrected chi connectivity index (χ0v) is 25.6. The zero-order chi connectivity index (χ0) is 30.3. The topological polar surface area (TPSA) is 175 Å². The van der Waals surface area contributed by atoms with Crippen molar-refractivity contribution in [1.29, 1.82) is 0 Å². The van der Waals surface area contributed by atoms with Crippen molar-refractivity contribution in [3.8, 4) is 0 Å². The van der Waals surface area contributed by atoms with E-state index in [0.29, 0.717) is 24.2 Å². The van der Waals surface area contributed by atoms with Crippen LogP contribution in [0.15, 0.2) is 36.7 Å². The molecule has 6 N–H and O–H groups in total. The number of amides is 2. The number of carbonyl (C=O) groups excluding carboxylic acids is 3. The predicted molar refractivity (Wildman–Crippen MR) is 151 cm³/mol. The largest absolute Gasteiger partial charge is 1.00 e. The Kier molecular flexibility index (Phi) is 24.1. The average molecular weight is 597 g/mol. The first-order chi connectivity index (χ1) is 19.1. The van der Waals surface area contributed by atoms with Gasteiger partial charge in [-0.3, -0.25) is 9.59 Å². The quantitative estimate of drug-likeness (QED) is 0.134. The molecule has 0 bridgehead atoms. The summed E-state index contributed by atoms with van der Waals surface area (Å²) in [6.45, 7) is 6.88.